The maximum absolute atomic E-state index is 13.7. The smallest absolute Gasteiger partial charge is 0.222 e. The summed E-state index contributed by atoms with van der Waals surface area (Å²) in [7, 11) is 0. The Bertz CT molecular complexity index is 681. The highest BCUT2D eigenvalue weighted by atomic mass is 19.1. The normalized spacial score (nSPS) is 14.4. The summed E-state index contributed by atoms with van der Waals surface area (Å²) in [6.45, 7) is 0.474. The molecule has 3 rings (SSSR count). The van der Waals surface area contributed by atoms with Crippen molar-refractivity contribution in [2.24, 2.45) is 4.99 Å². The Morgan fingerprint density at radius 3 is 2.79 bits per heavy atom. The molecule has 0 fully saturated rings. The molecular formula is C14H12FN3O. The number of rotatable bonds is 2. The van der Waals surface area contributed by atoms with Gasteiger partial charge in [0.15, 0.2) is 0 Å². The highest BCUT2D eigenvalue weighted by Gasteiger charge is 2.10. The third-order valence-electron chi connectivity index (χ3n) is 2.96. The monoisotopic (exact) mass is 257 g/mol. The molecule has 1 heterocycles. The first-order valence-corrected chi connectivity index (χ1v) is 5.86. The summed E-state index contributed by atoms with van der Waals surface area (Å²) in [5.74, 6) is -0.253. The predicted octanol–water partition coefficient (Wildman–Crippen LogP) is 2.68. The second-order valence-corrected chi connectivity index (χ2v) is 4.27. The topological polar surface area (TPSA) is 47.9 Å². The molecule has 0 unspecified atom stereocenters. The average molecular weight is 257 g/mol. The zero-order chi connectivity index (χ0) is 13.2. The van der Waals surface area contributed by atoms with Crippen LogP contribution in [0.3, 0.4) is 0 Å². The summed E-state index contributed by atoms with van der Waals surface area (Å²) in [6.07, 6.45) is 2.89. The molecule has 4 nitrogen and oxygen atoms in total. The molecule has 0 saturated heterocycles. The van der Waals surface area contributed by atoms with Gasteiger partial charge in [-0.05, 0) is 17.0 Å². The number of hydrogen-bond donors (Lipinski definition) is 2. The maximum Gasteiger partial charge on any atom is 0.222 e. The number of benzene rings is 2. The molecule has 0 aliphatic carbocycles. The lowest BCUT2D eigenvalue weighted by Gasteiger charge is -2.23. The lowest BCUT2D eigenvalue weighted by molar-refractivity contribution is 0.241. The highest BCUT2D eigenvalue weighted by Crippen LogP contribution is 2.22. The summed E-state index contributed by atoms with van der Waals surface area (Å²) in [6, 6.07) is 10.5. The van der Waals surface area contributed by atoms with Gasteiger partial charge in [0.2, 0.25) is 5.88 Å². The van der Waals surface area contributed by atoms with Crippen LogP contribution in [0.2, 0.25) is 0 Å². The molecule has 0 amide bonds. The summed E-state index contributed by atoms with van der Waals surface area (Å²) in [5.41, 5.74) is 3.70. The van der Waals surface area contributed by atoms with Crippen LogP contribution in [0.5, 0.6) is 0 Å². The molecule has 1 aliphatic rings. The standard InChI is InChI=1S/C14H12FN3O/c15-13-6-2-4-11-10(3-1-5-12(11)13)8-18-9-16-7-14(19)17-18/h1-7,9,17,19H,8H2. The number of aliphatic imine (C=N–C) groups is 1. The second kappa shape index (κ2) is 4.61. The van der Waals surface area contributed by atoms with Crippen LogP contribution < -0.4 is 5.43 Å². The average Bonchev–Trinajstić information content (AvgIpc) is 2.40. The summed E-state index contributed by atoms with van der Waals surface area (Å²) in [5, 5.41) is 12.4. The Labute approximate surface area is 109 Å². The van der Waals surface area contributed by atoms with E-state index >= 15 is 0 Å². The third-order valence-corrected chi connectivity index (χ3v) is 2.96. The molecule has 5 heteroatoms. The second-order valence-electron chi connectivity index (χ2n) is 4.27. The van der Waals surface area contributed by atoms with Crippen molar-refractivity contribution in [3.05, 3.63) is 59.9 Å². The number of fused-ring (bicyclic) bond motifs is 1. The fraction of sp³-hybridized carbons (Fsp3) is 0.0714. The van der Waals surface area contributed by atoms with E-state index in [-0.39, 0.29) is 11.7 Å². The number of hydrazine groups is 1. The minimum absolute atomic E-state index is 0.0195. The number of aliphatic hydroxyl groups is 1. The Balaban J connectivity index is 1.96. The van der Waals surface area contributed by atoms with E-state index in [1.165, 1.54) is 12.3 Å². The van der Waals surface area contributed by atoms with Crippen molar-refractivity contribution >= 4 is 17.1 Å². The molecule has 0 atom stereocenters. The molecule has 2 aromatic rings. The van der Waals surface area contributed by atoms with Gasteiger partial charge in [-0.3, -0.25) is 10.4 Å². The van der Waals surface area contributed by atoms with Crippen LogP contribution in [-0.2, 0) is 6.54 Å². The van der Waals surface area contributed by atoms with Crippen molar-refractivity contribution in [3.63, 3.8) is 0 Å². The van der Waals surface area contributed by atoms with Crippen LogP contribution in [0.25, 0.3) is 10.8 Å². The van der Waals surface area contributed by atoms with E-state index in [0.29, 0.717) is 11.9 Å². The molecule has 96 valence electrons. The molecule has 0 saturated carbocycles. The van der Waals surface area contributed by atoms with E-state index in [0.717, 1.165) is 10.9 Å². The van der Waals surface area contributed by atoms with Crippen LogP contribution in [0, 0.1) is 5.82 Å². The fourth-order valence-corrected chi connectivity index (χ4v) is 2.13. The fourth-order valence-electron chi connectivity index (χ4n) is 2.13. The third kappa shape index (κ3) is 2.22. The minimum atomic E-state index is -0.234. The number of nitrogens with zero attached hydrogens (tertiary/aromatic N) is 2. The van der Waals surface area contributed by atoms with Crippen LogP contribution in [-0.4, -0.2) is 16.5 Å². The quantitative estimate of drug-likeness (QED) is 0.869. The molecule has 0 bridgehead atoms. The van der Waals surface area contributed by atoms with E-state index < -0.39 is 0 Å². The Hall–Kier alpha value is -2.56. The summed E-state index contributed by atoms with van der Waals surface area (Å²) in [4.78, 5) is 3.89. The van der Waals surface area contributed by atoms with E-state index in [2.05, 4.69) is 10.4 Å². The van der Waals surface area contributed by atoms with Gasteiger partial charge in [-0.15, -0.1) is 0 Å². The molecule has 19 heavy (non-hydrogen) atoms. The van der Waals surface area contributed by atoms with Gasteiger partial charge in [0.1, 0.15) is 12.2 Å². The molecule has 1 aliphatic heterocycles. The number of halogens is 1. The first kappa shape index (κ1) is 11.5. The van der Waals surface area contributed by atoms with Gasteiger partial charge in [-0.25, -0.2) is 9.38 Å². The molecule has 2 aromatic carbocycles. The molecular weight excluding hydrogens is 245 g/mol. The maximum atomic E-state index is 13.7. The van der Waals surface area contributed by atoms with Crippen LogP contribution in [0.1, 0.15) is 5.56 Å². The molecule has 0 spiro atoms. The van der Waals surface area contributed by atoms with Crippen molar-refractivity contribution in [3.8, 4) is 0 Å². The van der Waals surface area contributed by atoms with E-state index in [1.807, 2.05) is 18.2 Å². The zero-order valence-corrected chi connectivity index (χ0v) is 10.0. The molecule has 0 radical (unpaired) electrons. The highest BCUT2D eigenvalue weighted by molar-refractivity contribution is 5.86. The summed E-state index contributed by atoms with van der Waals surface area (Å²) < 4.78 is 13.7. The Kier molecular flexibility index (Phi) is 2.79. The SMILES string of the molecule is OC1=CN=CN(Cc2cccc3c(F)cccc23)N1. The van der Waals surface area contributed by atoms with Gasteiger partial charge in [-0.2, -0.15) is 0 Å². The van der Waals surface area contributed by atoms with Gasteiger partial charge in [0, 0.05) is 5.39 Å². The van der Waals surface area contributed by atoms with Gasteiger partial charge >= 0.3 is 0 Å². The van der Waals surface area contributed by atoms with Crippen molar-refractivity contribution in [2.75, 3.05) is 0 Å². The molecule has 2 N–H and O–H groups in total. The van der Waals surface area contributed by atoms with Crippen molar-refractivity contribution in [1.82, 2.24) is 10.4 Å². The van der Waals surface area contributed by atoms with E-state index in [1.54, 1.807) is 23.5 Å². The van der Waals surface area contributed by atoms with Gasteiger partial charge in [0.25, 0.3) is 0 Å². The van der Waals surface area contributed by atoms with E-state index in [4.69, 9.17) is 0 Å². The van der Waals surface area contributed by atoms with Crippen molar-refractivity contribution in [1.29, 1.82) is 0 Å². The first-order chi connectivity index (χ1) is 9.24. The minimum Gasteiger partial charge on any atom is -0.493 e. The molecule has 0 aromatic heterocycles. The number of hydrogen-bond acceptors (Lipinski definition) is 4. The van der Waals surface area contributed by atoms with Crippen molar-refractivity contribution < 1.29 is 9.50 Å². The first-order valence-electron chi connectivity index (χ1n) is 5.86. The Morgan fingerprint density at radius 1 is 1.16 bits per heavy atom. The Morgan fingerprint density at radius 2 is 1.95 bits per heavy atom. The van der Waals surface area contributed by atoms with Crippen LogP contribution in [0.15, 0.2) is 53.5 Å². The van der Waals surface area contributed by atoms with Gasteiger partial charge in [-0.1, -0.05) is 30.3 Å². The predicted molar refractivity (Wildman–Crippen MR) is 71.8 cm³/mol. The van der Waals surface area contributed by atoms with Gasteiger partial charge < -0.3 is 5.11 Å². The van der Waals surface area contributed by atoms with Gasteiger partial charge in [0.05, 0.1) is 12.7 Å². The summed E-state index contributed by atoms with van der Waals surface area (Å²) >= 11 is 0. The zero-order valence-electron chi connectivity index (χ0n) is 10.0. The number of aliphatic hydroxyl groups excluding tert-OH is 1. The van der Waals surface area contributed by atoms with Crippen molar-refractivity contribution in [2.45, 2.75) is 6.54 Å². The van der Waals surface area contributed by atoms with E-state index in [9.17, 15) is 9.50 Å². The lowest BCUT2D eigenvalue weighted by atomic mass is 10.0. The van der Waals surface area contributed by atoms with Crippen LogP contribution >= 0.6 is 0 Å². The largest absolute Gasteiger partial charge is 0.493 e. The van der Waals surface area contributed by atoms with Crippen LogP contribution in [0.4, 0.5) is 4.39 Å². The number of nitrogens with one attached hydrogen (secondary N) is 1. The lowest BCUT2D eigenvalue weighted by Crippen LogP contribution is -2.37.